The first-order chi connectivity index (χ1) is 12.1. The van der Waals surface area contributed by atoms with Gasteiger partial charge in [-0.15, -0.1) is 0 Å². The van der Waals surface area contributed by atoms with Gasteiger partial charge in [0, 0.05) is 24.3 Å². The molecule has 5 nitrogen and oxygen atoms in total. The molecule has 0 radical (unpaired) electrons. The topological polar surface area (TPSA) is 76.4 Å². The van der Waals surface area contributed by atoms with Crippen molar-refractivity contribution in [3.63, 3.8) is 0 Å². The molecular formula is C18H19Cl2N3O2. The van der Waals surface area contributed by atoms with Crippen LogP contribution in [-0.4, -0.2) is 25.6 Å². The molecule has 0 aliphatic carbocycles. The Bertz CT molecular complexity index is 773. The van der Waals surface area contributed by atoms with Crippen LogP contribution in [0, 0.1) is 0 Å². The van der Waals surface area contributed by atoms with Crippen molar-refractivity contribution >= 4 is 34.8 Å². The first-order valence-corrected chi connectivity index (χ1v) is 8.80. The molecule has 0 bridgehead atoms. The molecule has 1 heterocycles. The number of fused-ring (bicyclic) bond motifs is 1. The van der Waals surface area contributed by atoms with Crippen molar-refractivity contribution in [2.75, 3.05) is 25.0 Å². The third-order valence-corrected chi connectivity index (χ3v) is 4.54. The molecule has 132 valence electrons. The molecule has 0 atom stereocenters. The van der Waals surface area contributed by atoms with Gasteiger partial charge in [-0.25, -0.2) is 0 Å². The van der Waals surface area contributed by atoms with Crippen LogP contribution < -0.4 is 21.1 Å². The summed E-state index contributed by atoms with van der Waals surface area (Å²) in [6.45, 7) is 2.45. The van der Waals surface area contributed by atoms with Crippen LogP contribution in [0.2, 0.25) is 10.0 Å². The van der Waals surface area contributed by atoms with Crippen LogP contribution in [0.4, 0.5) is 5.69 Å². The van der Waals surface area contributed by atoms with Crippen molar-refractivity contribution in [1.29, 1.82) is 0 Å². The molecule has 25 heavy (non-hydrogen) atoms. The minimum absolute atomic E-state index is 0.275. The Balaban J connectivity index is 1.77. The van der Waals surface area contributed by atoms with Gasteiger partial charge in [-0.2, -0.15) is 0 Å². The largest absolute Gasteiger partial charge is 0.489 e. The van der Waals surface area contributed by atoms with Crippen LogP contribution >= 0.6 is 23.2 Å². The standard InChI is InChI=1S/C18H19Cl2N3O2/c19-15-8-13(9-16(20)17(15)25-6-4-21)18(24)23-14-2-1-12-10-22-5-3-11(12)7-14/h1-2,7-9,22H,3-6,10,21H2,(H,23,24). The van der Waals surface area contributed by atoms with E-state index in [4.69, 9.17) is 33.7 Å². The van der Waals surface area contributed by atoms with E-state index >= 15 is 0 Å². The predicted octanol–water partition coefficient (Wildman–Crippen LogP) is 3.23. The van der Waals surface area contributed by atoms with Gasteiger partial charge >= 0.3 is 0 Å². The lowest BCUT2D eigenvalue weighted by Crippen LogP contribution is -2.23. The summed E-state index contributed by atoms with van der Waals surface area (Å²) >= 11 is 12.4. The fourth-order valence-electron chi connectivity index (χ4n) is 2.75. The van der Waals surface area contributed by atoms with Crippen LogP contribution in [-0.2, 0) is 13.0 Å². The number of nitrogens with one attached hydrogen (secondary N) is 2. The van der Waals surface area contributed by atoms with E-state index in [1.807, 2.05) is 18.2 Å². The zero-order chi connectivity index (χ0) is 17.8. The molecule has 2 aromatic carbocycles. The minimum Gasteiger partial charge on any atom is -0.489 e. The summed E-state index contributed by atoms with van der Waals surface area (Å²) in [7, 11) is 0. The molecule has 3 rings (SSSR count). The van der Waals surface area contributed by atoms with Crippen LogP contribution in [0.1, 0.15) is 21.5 Å². The second-order valence-electron chi connectivity index (χ2n) is 5.77. The van der Waals surface area contributed by atoms with Gasteiger partial charge in [0.2, 0.25) is 0 Å². The van der Waals surface area contributed by atoms with E-state index in [1.54, 1.807) is 0 Å². The monoisotopic (exact) mass is 379 g/mol. The first kappa shape index (κ1) is 18.0. The van der Waals surface area contributed by atoms with Gasteiger partial charge in [-0.3, -0.25) is 4.79 Å². The maximum absolute atomic E-state index is 12.5. The third kappa shape index (κ3) is 4.25. The Morgan fingerprint density at radius 1 is 1.20 bits per heavy atom. The summed E-state index contributed by atoms with van der Waals surface area (Å²) in [4.78, 5) is 12.5. The lowest BCUT2D eigenvalue weighted by Gasteiger charge is -2.18. The molecule has 0 unspecified atom stereocenters. The fourth-order valence-corrected chi connectivity index (χ4v) is 3.34. The summed E-state index contributed by atoms with van der Waals surface area (Å²) in [5.41, 5.74) is 9.04. The maximum Gasteiger partial charge on any atom is 0.255 e. The summed E-state index contributed by atoms with van der Waals surface area (Å²) in [6.07, 6.45) is 0.948. The van der Waals surface area contributed by atoms with Crippen LogP contribution in [0.15, 0.2) is 30.3 Å². The lowest BCUT2D eigenvalue weighted by molar-refractivity contribution is 0.102. The van der Waals surface area contributed by atoms with E-state index in [2.05, 4.69) is 10.6 Å². The van der Waals surface area contributed by atoms with E-state index < -0.39 is 0 Å². The van der Waals surface area contributed by atoms with Gasteiger partial charge in [0.1, 0.15) is 6.61 Å². The molecule has 0 aromatic heterocycles. The first-order valence-electron chi connectivity index (χ1n) is 8.04. The van der Waals surface area contributed by atoms with Crippen molar-refractivity contribution in [3.05, 3.63) is 57.1 Å². The number of amides is 1. The molecule has 1 amide bonds. The Kier molecular flexibility index (Phi) is 5.81. The van der Waals surface area contributed by atoms with Gasteiger partial charge in [-0.1, -0.05) is 29.3 Å². The highest BCUT2D eigenvalue weighted by Crippen LogP contribution is 2.34. The van der Waals surface area contributed by atoms with Crippen LogP contribution in [0.5, 0.6) is 5.75 Å². The number of nitrogens with two attached hydrogens (primary N) is 1. The third-order valence-electron chi connectivity index (χ3n) is 3.98. The molecule has 0 spiro atoms. The number of hydrogen-bond acceptors (Lipinski definition) is 4. The van der Waals surface area contributed by atoms with Crippen LogP contribution in [0.3, 0.4) is 0 Å². The quantitative estimate of drug-likeness (QED) is 0.745. The summed E-state index contributed by atoms with van der Waals surface area (Å²) in [5.74, 6) is 0.0645. The Hall–Kier alpha value is -1.79. The van der Waals surface area contributed by atoms with Crippen molar-refractivity contribution < 1.29 is 9.53 Å². The number of rotatable bonds is 5. The molecule has 4 N–H and O–H groups in total. The van der Waals surface area contributed by atoms with Crippen molar-refractivity contribution in [1.82, 2.24) is 5.32 Å². The highest BCUT2D eigenvalue weighted by Gasteiger charge is 2.15. The summed E-state index contributed by atoms with van der Waals surface area (Å²) in [5, 5.41) is 6.77. The number of anilines is 1. The number of hydrogen-bond donors (Lipinski definition) is 3. The van der Waals surface area contributed by atoms with E-state index in [1.165, 1.54) is 23.3 Å². The molecule has 1 aliphatic rings. The Morgan fingerprint density at radius 2 is 1.96 bits per heavy atom. The molecule has 0 saturated heterocycles. The molecule has 2 aromatic rings. The smallest absolute Gasteiger partial charge is 0.255 e. The highest BCUT2D eigenvalue weighted by atomic mass is 35.5. The highest BCUT2D eigenvalue weighted by molar-refractivity contribution is 6.37. The average molecular weight is 380 g/mol. The van der Waals surface area contributed by atoms with Crippen molar-refractivity contribution in [2.24, 2.45) is 5.73 Å². The fraction of sp³-hybridized carbons (Fsp3) is 0.278. The number of benzene rings is 2. The number of halogens is 2. The number of ether oxygens (including phenoxy) is 1. The number of carbonyl (C=O) groups excluding carboxylic acids is 1. The Labute approximate surface area is 156 Å². The van der Waals surface area contributed by atoms with Gasteiger partial charge in [0.25, 0.3) is 5.91 Å². The SMILES string of the molecule is NCCOc1c(Cl)cc(C(=O)Nc2ccc3c(c2)CCNC3)cc1Cl. The second kappa shape index (κ2) is 8.06. The lowest BCUT2D eigenvalue weighted by atomic mass is 10.0. The number of carbonyl (C=O) groups is 1. The van der Waals surface area contributed by atoms with Gasteiger partial charge in [-0.05, 0) is 48.4 Å². The van der Waals surface area contributed by atoms with Gasteiger partial charge in [0.05, 0.1) is 10.0 Å². The molecular weight excluding hydrogens is 361 g/mol. The predicted molar refractivity (Wildman–Crippen MR) is 101 cm³/mol. The van der Waals surface area contributed by atoms with Crippen LogP contribution in [0.25, 0.3) is 0 Å². The minimum atomic E-state index is -0.275. The molecule has 1 aliphatic heterocycles. The second-order valence-corrected chi connectivity index (χ2v) is 6.58. The summed E-state index contributed by atoms with van der Waals surface area (Å²) < 4.78 is 5.41. The van der Waals surface area contributed by atoms with Gasteiger partial charge in [0.15, 0.2) is 5.75 Å². The van der Waals surface area contributed by atoms with E-state index in [0.29, 0.717) is 24.5 Å². The maximum atomic E-state index is 12.5. The van der Waals surface area contributed by atoms with E-state index in [9.17, 15) is 4.79 Å². The zero-order valence-electron chi connectivity index (χ0n) is 13.6. The normalized spacial score (nSPS) is 13.2. The molecule has 0 fully saturated rings. The zero-order valence-corrected chi connectivity index (χ0v) is 15.1. The van der Waals surface area contributed by atoms with E-state index in [-0.39, 0.29) is 16.0 Å². The summed E-state index contributed by atoms with van der Waals surface area (Å²) in [6, 6.07) is 9.01. The van der Waals surface area contributed by atoms with E-state index in [0.717, 1.165) is 25.2 Å². The van der Waals surface area contributed by atoms with Crippen molar-refractivity contribution in [3.8, 4) is 5.75 Å². The molecule has 0 saturated carbocycles. The Morgan fingerprint density at radius 3 is 2.68 bits per heavy atom. The molecule has 7 heteroatoms. The van der Waals surface area contributed by atoms with Gasteiger partial charge < -0.3 is 21.1 Å². The average Bonchev–Trinajstić information content (AvgIpc) is 2.61. The van der Waals surface area contributed by atoms with Crippen molar-refractivity contribution in [2.45, 2.75) is 13.0 Å².